The number of amides is 4. The number of hydrogen-bond acceptors (Lipinski definition) is 10. The molecule has 5 aliphatic rings. The number of carbonyl (C=O) groups is 5. The van der Waals surface area contributed by atoms with Crippen LogP contribution in [0.2, 0.25) is 10.0 Å². The van der Waals surface area contributed by atoms with Crippen molar-refractivity contribution in [3.63, 3.8) is 0 Å². The first-order valence-corrected chi connectivity index (χ1v) is 21.6. The van der Waals surface area contributed by atoms with E-state index in [4.69, 9.17) is 42.3 Å². The van der Waals surface area contributed by atoms with Gasteiger partial charge in [-0.05, 0) is 43.1 Å². The predicted molar refractivity (Wildman–Crippen MR) is 218 cm³/mol. The number of nitrogens with one attached hydrogen (secondary N) is 2. The van der Waals surface area contributed by atoms with Gasteiger partial charge < -0.3 is 39.5 Å². The fourth-order valence-corrected chi connectivity index (χ4v) is 9.21. The van der Waals surface area contributed by atoms with Crippen molar-refractivity contribution >= 4 is 58.3 Å². The number of likely N-dealkylation sites (tertiary alicyclic amines) is 2. The number of carbonyl (C=O) groups excluding carboxylic acids is 5. The molecule has 1 saturated carbocycles. The molecule has 0 radical (unpaired) electrons. The Labute approximate surface area is 351 Å². The maximum atomic E-state index is 14.8. The van der Waals surface area contributed by atoms with E-state index in [1.165, 1.54) is 16.9 Å². The van der Waals surface area contributed by atoms with E-state index in [1.54, 1.807) is 12.1 Å². The molecule has 4 fully saturated rings. The lowest BCUT2D eigenvalue weighted by Crippen LogP contribution is -2.61. The van der Waals surface area contributed by atoms with Gasteiger partial charge in [-0.2, -0.15) is 0 Å². The van der Waals surface area contributed by atoms with Crippen LogP contribution in [0.1, 0.15) is 104 Å². The van der Waals surface area contributed by atoms with Crippen molar-refractivity contribution in [3.05, 3.63) is 27.7 Å². The van der Waals surface area contributed by atoms with E-state index in [9.17, 15) is 24.0 Å². The van der Waals surface area contributed by atoms with E-state index in [0.717, 1.165) is 45.1 Å². The van der Waals surface area contributed by atoms with Crippen LogP contribution >= 0.6 is 23.2 Å². The first-order valence-electron chi connectivity index (χ1n) is 20.8. The van der Waals surface area contributed by atoms with Gasteiger partial charge in [0.2, 0.25) is 23.5 Å². The second-order valence-electron chi connectivity index (χ2n) is 17.8. The van der Waals surface area contributed by atoms with Crippen LogP contribution in [0.4, 0.5) is 0 Å². The summed E-state index contributed by atoms with van der Waals surface area (Å²) in [5.74, 6) is -1.72. The van der Waals surface area contributed by atoms with Crippen molar-refractivity contribution < 1.29 is 43.0 Å². The second kappa shape index (κ2) is 18.9. The summed E-state index contributed by atoms with van der Waals surface area (Å²) in [6.07, 6.45) is 7.32. The third kappa shape index (κ3) is 10.3. The molecule has 0 bridgehead atoms. The first-order chi connectivity index (χ1) is 27.6. The lowest BCUT2D eigenvalue weighted by Gasteiger charge is -2.39. The van der Waals surface area contributed by atoms with Crippen molar-refractivity contribution in [1.29, 1.82) is 0 Å². The number of halogens is 2. The second-order valence-corrected chi connectivity index (χ2v) is 18.6. The van der Waals surface area contributed by atoms with Gasteiger partial charge in [0.15, 0.2) is 5.60 Å². The van der Waals surface area contributed by atoms with Gasteiger partial charge in [0.1, 0.15) is 17.8 Å². The number of methoxy groups -OCH3 is 1. The number of oxime groups is 1. The van der Waals surface area contributed by atoms with Crippen molar-refractivity contribution in [1.82, 2.24) is 20.4 Å². The van der Waals surface area contributed by atoms with E-state index >= 15 is 0 Å². The number of Topliss-reactive ketones (excluding diaryl/α,β-unsaturated/α-hetero) is 1. The lowest BCUT2D eigenvalue weighted by molar-refractivity contribution is -0.156. The molecule has 2 unspecified atom stereocenters. The highest BCUT2D eigenvalue weighted by molar-refractivity contribution is 6.39. The highest BCUT2D eigenvalue weighted by Gasteiger charge is 2.56. The number of ketones is 1. The molecule has 5 atom stereocenters. The van der Waals surface area contributed by atoms with Gasteiger partial charge in [0.05, 0.1) is 49.7 Å². The molecule has 4 aliphatic heterocycles. The van der Waals surface area contributed by atoms with Crippen LogP contribution in [-0.2, 0) is 38.3 Å². The molecule has 6 rings (SSSR count). The van der Waals surface area contributed by atoms with Crippen LogP contribution in [0, 0.1) is 17.3 Å². The van der Waals surface area contributed by atoms with Gasteiger partial charge in [0, 0.05) is 61.5 Å². The molecule has 16 heteroatoms. The van der Waals surface area contributed by atoms with E-state index in [0.29, 0.717) is 67.1 Å². The topological polar surface area (TPSA) is 165 Å². The molecule has 4 amide bonds. The number of rotatable bonds is 15. The predicted octanol–water partition coefficient (Wildman–Crippen LogP) is 5.09. The van der Waals surface area contributed by atoms with Crippen LogP contribution in [0.25, 0.3) is 0 Å². The highest BCUT2D eigenvalue weighted by atomic mass is 35.5. The summed E-state index contributed by atoms with van der Waals surface area (Å²) in [5, 5.41) is 10.9. The van der Waals surface area contributed by atoms with Gasteiger partial charge in [0.25, 0.3) is 5.91 Å². The molecular weight excluding hydrogens is 789 g/mol. The van der Waals surface area contributed by atoms with Crippen LogP contribution < -0.4 is 15.4 Å². The Balaban J connectivity index is 1.20. The molecule has 3 saturated heterocycles. The lowest BCUT2D eigenvalue weighted by atomic mass is 9.84. The number of hydrogen-bond donors (Lipinski definition) is 2. The molecule has 1 spiro atoms. The van der Waals surface area contributed by atoms with Crippen LogP contribution in [-0.4, -0.2) is 121 Å². The van der Waals surface area contributed by atoms with Gasteiger partial charge in [-0.15, -0.1) is 0 Å². The zero-order chi connectivity index (χ0) is 41.8. The van der Waals surface area contributed by atoms with Crippen molar-refractivity contribution in [3.8, 4) is 5.75 Å². The zero-order valence-electron chi connectivity index (χ0n) is 34.4. The minimum Gasteiger partial charge on any atom is -0.495 e. The van der Waals surface area contributed by atoms with Gasteiger partial charge in [-0.1, -0.05) is 81.7 Å². The van der Waals surface area contributed by atoms with E-state index < -0.39 is 52.6 Å². The zero-order valence-corrected chi connectivity index (χ0v) is 35.9. The molecule has 1 aliphatic carbocycles. The summed E-state index contributed by atoms with van der Waals surface area (Å²) >= 11 is 13.1. The maximum absolute atomic E-state index is 14.8. The summed E-state index contributed by atoms with van der Waals surface area (Å²) < 4.78 is 16.8. The largest absolute Gasteiger partial charge is 0.495 e. The van der Waals surface area contributed by atoms with Crippen molar-refractivity contribution in [2.75, 3.05) is 46.6 Å². The fraction of sp³-hybridized carbons (Fsp3) is 0.714. The monoisotopic (exact) mass is 847 g/mol. The summed E-state index contributed by atoms with van der Waals surface area (Å²) in [6, 6.07) is 0.0412. The van der Waals surface area contributed by atoms with Gasteiger partial charge in [-0.25, -0.2) is 0 Å². The molecule has 320 valence electrons. The number of nitrogens with zero attached hydrogens (tertiary/aromatic N) is 3. The molecule has 2 N–H and O–H groups in total. The standard InChI is InChI=1S/C42H59Cl2N5O9/c1-6-10-30(36(51)39(53)48-20-28(21-48)57-23-26-13-14-56-22-26)45-38(52)32-19-42(18-31(47-58-42)29-16-27(43)17-33(55-5)35(29)44)24-49(32)40(54)37(41(2,3)4)46-34(50)15-25-11-8-7-9-12-25/h16-17,25-26,28,30,32,37H,6-15,18-24H2,1-5H3,(H,45,52)(H,46,50)/t26?,30-,32-,37+,42?/m0/s1. The Kier molecular flexibility index (Phi) is 14.3. The summed E-state index contributed by atoms with van der Waals surface area (Å²) in [4.78, 5) is 78.9. The van der Waals surface area contributed by atoms with Crippen LogP contribution in [0.15, 0.2) is 17.3 Å². The normalized spacial score (nSPS) is 24.8. The third-order valence-corrected chi connectivity index (χ3v) is 12.7. The van der Waals surface area contributed by atoms with Gasteiger partial charge in [-0.3, -0.25) is 24.0 Å². The van der Waals surface area contributed by atoms with Gasteiger partial charge >= 0.3 is 0 Å². The minimum absolute atomic E-state index is 0.0257. The van der Waals surface area contributed by atoms with E-state index in [-0.39, 0.29) is 48.8 Å². The molecule has 14 nitrogen and oxygen atoms in total. The van der Waals surface area contributed by atoms with Crippen LogP contribution in [0.3, 0.4) is 0 Å². The molecule has 1 aromatic carbocycles. The third-order valence-electron chi connectivity index (χ3n) is 12.1. The maximum Gasteiger partial charge on any atom is 0.292 e. The summed E-state index contributed by atoms with van der Waals surface area (Å²) in [6.45, 7) is 9.95. The Morgan fingerprint density at radius 2 is 1.78 bits per heavy atom. The number of ether oxygens (including phenoxy) is 3. The van der Waals surface area contributed by atoms with E-state index in [1.807, 2.05) is 27.7 Å². The highest BCUT2D eigenvalue weighted by Crippen LogP contribution is 2.42. The molecular formula is C42H59Cl2N5O9. The first kappa shape index (κ1) is 44.1. The Morgan fingerprint density at radius 1 is 1.03 bits per heavy atom. The van der Waals surface area contributed by atoms with Crippen molar-refractivity contribution in [2.24, 2.45) is 22.4 Å². The average molecular weight is 849 g/mol. The minimum atomic E-state index is -1.14. The Morgan fingerprint density at radius 3 is 2.43 bits per heavy atom. The Bertz CT molecular complexity index is 1740. The average Bonchev–Trinajstić information content (AvgIpc) is 3.94. The SMILES string of the molecule is CCC[C@H](NC(=O)[C@@H]1CC2(CC(c3cc(Cl)cc(OC)c3Cl)=NO2)CN1C(=O)[C@@H](NC(=O)CC1CCCCC1)C(C)(C)C)C(=O)C(=O)N1CC(OCC2CCOC2)C1. The number of benzene rings is 1. The molecule has 58 heavy (non-hydrogen) atoms. The van der Waals surface area contributed by atoms with Crippen LogP contribution in [0.5, 0.6) is 5.75 Å². The molecule has 0 aromatic heterocycles. The van der Waals surface area contributed by atoms with E-state index in [2.05, 4.69) is 15.8 Å². The smallest absolute Gasteiger partial charge is 0.292 e. The Hall–Kier alpha value is -3.46. The summed E-state index contributed by atoms with van der Waals surface area (Å²) in [5.41, 5.74) is -0.909. The van der Waals surface area contributed by atoms with Crippen molar-refractivity contribution in [2.45, 2.75) is 128 Å². The quantitative estimate of drug-likeness (QED) is 0.229. The molecule has 1 aromatic rings. The summed E-state index contributed by atoms with van der Waals surface area (Å²) in [7, 11) is 1.48. The molecule has 4 heterocycles. The fourth-order valence-electron chi connectivity index (χ4n) is 8.71.